The van der Waals surface area contributed by atoms with Crippen LogP contribution < -0.4 is 0 Å². The highest BCUT2D eigenvalue weighted by Crippen LogP contribution is 2.40. The van der Waals surface area contributed by atoms with E-state index in [4.69, 9.17) is 9.40 Å². The molecule has 6 heterocycles. The number of furan rings is 1. The normalized spacial score (nSPS) is 12.2. The van der Waals surface area contributed by atoms with Gasteiger partial charge in [0.1, 0.15) is 11.2 Å². The predicted octanol–water partition coefficient (Wildman–Crippen LogP) is 14.0. The van der Waals surface area contributed by atoms with Crippen molar-refractivity contribution in [3.05, 3.63) is 182 Å². The van der Waals surface area contributed by atoms with Gasteiger partial charge in [0.2, 0.25) is 0 Å². The molecule has 0 radical (unpaired) electrons. The van der Waals surface area contributed by atoms with Gasteiger partial charge in [0.25, 0.3) is 0 Å². The predicted molar refractivity (Wildman–Crippen MR) is 248 cm³/mol. The van der Waals surface area contributed by atoms with E-state index in [1.165, 1.54) is 54.7 Å². The zero-order valence-corrected chi connectivity index (χ0v) is 32.7. The highest BCUT2D eigenvalue weighted by Gasteiger charge is 2.18. The average Bonchev–Trinajstić information content (AvgIpc) is 4.04. The van der Waals surface area contributed by atoms with Gasteiger partial charge >= 0.3 is 0 Å². The van der Waals surface area contributed by atoms with Crippen molar-refractivity contribution in [3.63, 3.8) is 0 Å². The average molecular weight is 770 g/mol. The smallest absolute Gasteiger partial charge is 0.135 e. The van der Waals surface area contributed by atoms with Gasteiger partial charge in [-0.25, -0.2) is 0 Å². The molecule has 0 saturated carbocycles. The third-order valence-corrected chi connectivity index (χ3v) is 12.6. The first kappa shape index (κ1) is 33.1. The molecule has 0 N–H and O–H groups in total. The number of pyridine rings is 2. The maximum absolute atomic E-state index is 6.17. The monoisotopic (exact) mass is 769 g/mol. The molecule has 0 atom stereocenters. The van der Waals surface area contributed by atoms with E-state index in [2.05, 4.69) is 171 Å². The van der Waals surface area contributed by atoms with Crippen LogP contribution in [0.4, 0.5) is 0 Å². The molecule has 0 saturated heterocycles. The van der Waals surface area contributed by atoms with Crippen molar-refractivity contribution in [2.45, 2.75) is 13.5 Å². The summed E-state index contributed by atoms with van der Waals surface area (Å²) in [7, 11) is 0. The third-order valence-electron chi connectivity index (χ3n) is 12.6. The number of fused-ring (bicyclic) bond motifs is 12. The Morgan fingerprint density at radius 3 is 1.88 bits per heavy atom. The first-order valence-corrected chi connectivity index (χ1v) is 20.5. The number of hydrogen-bond donors (Lipinski definition) is 0. The van der Waals surface area contributed by atoms with Crippen molar-refractivity contribution < 1.29 is 4.42 Å². The lowest BCUT2D eigenvalue weighted by Crippen LogP contribution is -1.95. The summed E-state index contributed by atoms with van der Waals surface area (Å²) in [5.74, 6) is 0. The van der Waals surface area contributed by atoms with Crippen molar-refractivity contribution in [2.75, 3.05) is 0 Å². The highest BCUT2D eigenvalue weighted by molar-refractivity contribution is 6.13. The summed E-state index contributed by atoms with van der Waals surface area (Å²) in [6.07, 6.45) is 5.77. The van der Waals surface area contributed by atoms with Crippen molar-refractivity contribution in [3.8, 4) is 33.6 Å². The maximum Gasteiger partial charge on any atom is 0.135 e. The van der Waals surface area contributed by atoms with Crippen molar-refractivity contribution in [1.29, 1.82) is 0 Å². The van der Waals surface area contributed by atoms with E-state index in [9.17, 15) is 0 Å². The number of benzene rings is 7. The summed E-state index contributed by atoms with van der Waals surface area (Å²) >= 11 is 0. The Labute approximate surface area is 343 Å². The Hall–Kier alpha value is -7.96. The van der Waals surface area contributed by atoms with E-state index in [-0.39, 0.29) is 0 Å². The quantitative estimate of drug-likeness (QED) is 0.175. The van der Waals surface area contributed by atoms with Crippen molar-refractivity contribution in [2.24, 2.45) is 0 Å². The largest absolute Gasteiger partial charge is 0.456 e. The lowest BCUT2D eigenvalue weighted by molar-refractivity contribution is 0.669. The fraction of sp³-hybridized carbons (Fsp3) is 0.0370. The molecule has 6 aromatic heterocycles. The summed E-state index contributed by atoms with van der Waals surface area (Å²) in [6, 6.07) is 59.2. The third kappa shape index (κ3) is 4.70. The maximum atomic E-state index is 6.17. The first-order valence-electron chi connectivity index (χ1n) is 20.5. The number of para-hydroxylation sites is 2. The van der Waals surface area contributed by atoms with E-state index < -0.39 is 0 Å². The Bertz CT molecular complexity index is 3900. The van der Waals surface area contributed by atoms with Gasteiger partial charge in [-0.05, 0) is 126 Å². The topological polar surface area (TPSA) is 53.7 Å². The van der Waals surface area contributed by atoms with Crippen LogP contribution in [0.2, 0.25) is 0 Å². The SMILES string of the molecule is CCn1c2ccncc2c2cc(-n3c4ccccc4c4cc(-c5cccc(-c6ccc7c(c6)c6ncccc6n7-c6ccc7oc8ccccc8c7c6)c5)ccc43)ccc21. The summed E-state index contributed by atoms with van der Waals surface area (Å²) in [4.78, 5) is 9.42. The van der Waals surface area contributed by atoms with Gasteiger partial charge in [-0.3, -0.25) is 9.97 Å². The minimum absolute atomic E-state index is 0.887. The second kappa shape index (κ2) is 12.5. The van der Waals surface area contributed by atoms with Gasteiger partial charge in [-0.1, -0.05) is 66.7 Å². The molecule has 60 heavy (non-hydrogen) atoms. The van der Waals surface area contributed by atoms with Crippen LogP contribution in [0.3, 0.4) is 0 Å². The molecule has 0 aliphatic carbocycles. The van der Waals surface area contributed by atoms with Gasteiger partial charge in [-0.15, -0.1) is 0 Å². The van der Waals surface area contributed by atoms with Gasteiger partial charge < -0.3 is 18.1 Å². The number of hydrogen-bond acceptors (Lipinski definition) is 3. The van der Waals surface area contributed by atoms with Crippen LogP contribution in [0.15, 0.2) is 187 Å². The Kier molecular flexibility index (Phi) is 6.90. The van der Waals surface area contributed by atoms with E-state index >= 15 is 0 Å². The van der Waals surface area contributed by atoms with Gasteiger partial charge in [-0.2, -0.15) is 0 Å². The van der Waals surface area contributed by atoms with Crippen LogP contribution in [0.25, 0.3) is 121 Å². The number of aryl methyl sites for hydroxylation is 1. The van der Waals surface area contributed by atoms with E-state index in [0.29, 0.717) is 0 Å². The van der Waals surface area contributed by atoms with Gasteiger partial charge in [0.15, 0.2) is 0 Å². The number of nitrogens with zero attached hydrogens (tertiary/aromatic N) is 5. The standard InChI is InChI=1S/C54H35N5O/c1-2-57-46-22-18-37(30-42(46)45-32-55-26-24-47(45)57)58-48-13-5-3-11-39(48)41-28-35(16-20-49(41)58)33-9-7-10-34(27-33)36-17-21-50-44(29-36)54-51(14-8-25-56-54)59(50)38-19-23-53-43(31-38)40-12-4-6-15-52(40)60-53/h3-32H,2H2,1H3. The molecule has 6 nitrogen and oxygen atoms in total. The molecular weight excluding hydrogens is 735 g/mol. The number of aromatic nitrogens is 5. The molecule has 13 rings (SSSR count). The van der Waals surface area contributed by atoms with Crippen LogP contribution in [0, 0.1) is 0 Å². The van der Waals surface area contributed by atoms with Crippen molar-refractivity contribution >= 4 is 87.5 Å². The van der Waals surface area contributed by atoms with Crippen molar-refractivity contribution in [1.82, 2.24) is 23.7 Å². The fourth-order valence-electron chi connectivity index (χ4n) is 9.87. The summed E-state index contributed by atoms with van der Waals surface area (Å²) < 4.78 is 13.3. The molecule has 0 spiro atoms. The Morgan fingerprint density at radius 1 is 0.417 bits per heavy atom. The van der Waals surface area contributed by atoms with Crippen LogP contribution in [0.5, 0.6) is 0 Å². The molecule has 0 aliphatic rings. The summed E-state index contributed by atoms with van der Waals surface area (Å²) in [5.41, 5.74) is 16.7. The Morgan fingerprint density at radius 2 is 1.03 bits per heavy atom. The van der Waals surface area contributed by atoms with Crippen LogP contribution in [0.1, 0.15) is 6.92 Å². The zero-order chi connectivity index (χ0) is 39.5. The van der Waals surface area contributed by atoms with E-state index in [0.717, 1.165) is 72.9 Å². The second-order valence-electron chi connectivity index (χ2n) is 15.7. The molecule has 13 aromatic rings. The fourth-order valence-corrected chi connectivity index (χ4v) is 9.87. The molecule has 282 valence electrons. The molecule has 0 aliphatic heterocycles. The Balaban J connectivity index is 0.920. The molecule has 0 unspecified atom stereocenters. The molecule has 0 amide bonds. The lowest BCUT2D eigenvalue weighted by atomic mass is 9.97. The van der Waals surface area contributed by atoms with E-state index in [1.807, 2.05) is 36.8 Å². The minimum Gasteiger partial charge on any atom is -0.456 e. The van der Waals surface area contributed by atoms with Gasteiger partial charge in [0, 0.05) is 79.7 Å². The minimum atomic E-state index is 0.887. The second-order valence-corrected chi connectivity index (χ2v) is 15.7. The van der Waals surface area contributed by atoms with Gasteiger partial charge in [0.05, 0.1) is 33.1 Å². The molecule has 7 aromatic carbocycles. The summed E-state index contributed by atoms with van der Waals surface area (Å²) in [5, 5.41) is 8.21. The van der Waals surface area contributed by atoms with Crippen LogP contribution in [-0.2, 0) is 6.54 Å². The zero-order valence-electron chi connectivity index (χ0n) is 32.7. The molecule has 0 fully saturated rings. The molecular formula is C54H35N5O. The lowest BCUT2D eigenvalue weighted by Gasteiger charge is -2.10. The van der Waals surface area contributed by atoms with E-state index in [1.54, 1.807) is 0 Å². The van der Waals surface area contributed by atoms with Crippen LogP contribution >= 0.6 is 0 Å². The molecule has 6 heteroatoms. The molecule has 0 bridgehead atoms. The van der Waals surface area contributed by atoms with Crippen LogP contribution in [-0.4, -0.2) is 23.7 Å². The highest BCUT2D eigenvalue weighted by atomic mass is 16.3. The number of rotatable bonds is 5. The first-order chi connectivity index (χ1) is 29.7. The summed E-state index contributed by atoms with van der Waals surface area (Å²) in [6.45, 7) is 3.11.